The highest BCUT2D eigenvalue weighted by Crippen LogP contribution is 2.37. The zero-order valence-corrected chi connectivity index (χ0v) is 13.2. The lowest BCUT2D eigenvalue weighted by molar-refractivity contribution is -0.0699. The minimum absolute atomic E-state index is 0.110. The van der Waals surface area contributed by atoms with Gasteiger partial charge >= 0.3 is 0 Å². The van der Waals surface area contributed by atoms with Crippen LogP contribution in [0.3, 0.4) is 0 Å². The lowest BCUT2D eigenvalue weighted by Gasteiger charge is -2.28. The maximum absolute atomic E-state index is 11.2. The Bertz CT molecular complexity index is 387. The standard InChI is InChI=1S/C13H27NO3S/c1-10(9-18(6,15)16)8-14-11-7-12(2,3)17-13(11,4)5/h10-11,14H,7-9H2,1-6H3/t10-,11+/m1/s1. The van der Waals surface area contributed by atoms with E-state index in [2.05, 4.69) is 33.0 Å². The Morgan fingerprint density at radius 2 is 1.89 bits per heavy atom. The molecular formula is C13H27NO3S. The SMILES string of the molecule is C[C@H](CN[C@H]1CC(C)(C)OC1(C)C)CS(C)(=O)=O. The smallest absolute Gasteiger partial charge is 0.147 e. The quantitative estimate of drug-likeness (QED) is 0.829. The van der Waals surface area contributed by atoms with Crippen molar-refractivity contribution in [2.75, 3.05) is 18.6 Å². The van der Waals surface area contributed by atoms with Gasteiger partial charge in [-0.15, -0.1) is 0 Å². The summed E-state index contributed by atoms with van der Waals surface area (Å²) in [6, 6.07) is 0.273. The monoisotopic (exact) mass is 277 g/mol. The lowest BCUT2D eigenvalue weighted by Crippen LogP contribution is -2.45. The summed E-state index contributed by atoms with van der Waals surface area (Å²) in [6.07, 6.45) is 2.24. The molecule has 0 spiro atoms. The predicted molar refractivity (Wildman–Crippen MR) is 74.5 cm³/mol. The molecule has 1 N–H and O–H groups in total. The Labute approximate surface area is 111 Å². The number of ether oxygens (including phenoxy) is 1. The highest BCUT2D eigenvalue weighted by atomic mass is 32.2. The van der Waals surface area contributed by atoms with Gasteiger partial charge in [0.15, 0.2) is 0 Å². The molecule has 0 aliphatic carbocycles. The Hall–Kier alpha value is -0.130. The van der Waals surface area contributed by atoms with Crippen LogP contribution in [-0.4, -0.2) is 44.2 Å². The van der Waals surface area contributed by atoms with Gasteiger partial charge in [-0.2, -0.15) is 0 Å². The van der Waals surface area contributed by atoms with E-state index in [4.69, 9.17) is 4.74 Å². The largest absolute Gasteiger partial charge is 0.368 e. The van der Waals surface area contributed by atoms with Gasteiger partial charge in [0.1, 0.15) is 9.84 Å². The van der Waals surface area contributed by atoms with Crippen LogP contribution < -0.4 is 5.32 Å². The van der Waals surface area contributed by atoms with Crippen LogP contribution in [0.2, 0.25) is 0 Å². The van der Waals surface area contributed by atoms with Crippen molar-refractivity contribution in [1.29, 1.82) is 0 Å². The molecule has 1 rings (SSSR count). The van der Waals surface area contributed by atoms with Crippen LogP contribution in [0.1, 0.15) is 41.0 Å². The number of rotatable bonds is 5. The summed E-state index contributed by atoms with van der Waals surface area (Å²) in [5.74, 6) is 0.358. The van der Waals surface area contributed by atoms with Gasteiger partial charge in [-0.25, -0.2) is 8.42 Å². The minimum Gasteiger partial charge on any atom is -0.368 e. The predicted octanol–water partition coefficient (Wildman–Crippen LogP) is 1.60. The van der Waals surface area contributed by atoms with Crippen molar-refractivity contribution in [2.45, 2.75) is 58.3 Å². The van der Waals surface area contributed by atoms with Crippen molar-refractivity contribution >= 4 is 9.84 Å². The van der Waals surface area contributed by atoms with Gasteiger partial charge in [0.2, 0.25) is 0 Å². The summed E-state index contributed by atoms with van der Waals surface area (Å²) in [4.78, 5) is 0. The molecule has 0 unspecified atom stereocenters. The highest BCUT2D eigenvalue weighted by molar-refractivity contribution is 7.90. The highest BCUT2D eigenvalue weighted by Gasteiger charge is 2.45. The maximum Gasteiger partial charge on any atom is 0.147 e. The molecule has 0 bridgehead atoms. The van der Waals surface area contributed by atoms with Crippen LogP contribution in [0.5, 0.6) is 0 Å². The van der Waals surface area contributed by atoms with E-state index in [1.807, 2.05) is 6.92 Å². The Kier molecular flexibility index (Phi) is 4.51. The van der Waals surface area contributed by atoms with Gasteiger partial charge in [-0.3, -0.25) is 0 Å². The average Bonchev–Trinajstić information content (AvgIpc) is 2.27. The molecule has 108 valence electrons. The number of hydrogen-bond donors (Lipinski definition) is 1. The van der Waals surface area contributed by atoms with E-state index in [9.17, 15) is 8.42 Å². The first kappa shape index (κ1) is 15.9. The molecule has 1 aliphatic heterocycles. The molecule has 5 heteroatoms. The third-order valence-corrected chi connectivity index (χ3v) is 4.55. The molecule has 18 heavy (non-hydrogen) atoms. The van der Waals surface area contributed by atoms with Gasteiger partial charge in [0.25, 0.3) is 0 Å². The Morgan fingerprint density at radius 1 is 1.33 bits per heavy atom. The van der Waals surface area contributed by atoms with Gasteiger partial charge in [-0.1, -0.05) is 6.92 Å². The summed E-state index contributed by atoms with van der Waals surface area (Å²) in [5, 5.41) is 3.46. The minimum atomic E-state index is -2.89. The third kappa shape index (κ3) is 4.86. The summed E-state index contributed by atoms with van der Waals surface area (Å²) >= 11 is 0. The van der Waals surface area contributed by atoms with Crippen molar-refractivity contribution in [1.82, 2.24) is 5.32 Å². The zero-order valence-electron chi connectivity index (χ0n) is 12.4. The third-order valence-electron chi connectivity index (χ3n) is 3.37. The maximum atomic E-state index is 11.2. The van der Waals surface area contributed by atoms with E-state index in [1.165, 1.54) is 6.26 Å². The van der Waals surface area contributed by atoms with Crippen LogP contribution in [-0.2, 0) is 14.6 Å². The second-order valence-electron chi connectivity index (χ2n) is 6.83. The van der Waals surface area contributed by atoms with Crippen molar-refractivity contribution < 1.29 is 13.2 Å². The first-order chi connectivity index (χ1) is 7.91. The van der Waals surface area contributed by atoms with E-state index in [1.54, 1.807) is 0 Å². The van der Waals surface area contributed by atoms with E-state index in [-0.39, 0.29) is 28.9 Å². The van der Waals surface area contributed by atoms with E-state index in [0.29, 0.717) is 6.54 Å². The summed E-state index contributed by atoms with van der Waals surface area (Å²) < 4.78 is 28.4. The summed E-state index contributed by atoms with van der Waals surface area (Å²) in [6.45, 7) is 11.0. The first-order valence-electron chi connectivity index (χ1n) is 6.53. The fourth-order valence-electron chi connectivity index (χ4n) is 2.80. The normalized spacial score (nSPS) is 28.2. The van der Waals surface area contributed by atoms with E-state index in [0.717, 1.165) is 6.42 Å². The van der Waals surface area contributed by atoms with Crippen LogP contribution in [0.4, 0.5) is 0 Å². The van der Waals surface area contributed by atoms with E-state index < -0.39 is 9.84 Å². The number of nitrogens with one attached hydrogen (secondary N) is 1. The van der Waals surface area contributed by atoms with Crippen molar-refractivity contribution in [3.05, 3.63) is 0 Å². The molecule has 0 aromatic rings. The summed E-state index contributed by atoms with van der Waals surface area (Å²) in [7, 11) is -2.89. The fourth-order valence-corrected chi connectivity index (χ4v) is 3.95. The molecule has 1 saturated heterocycles. The molecule has 0 amide bonds. The second kappa shape index (κ2) is 5.10. The molecule has 0 saturated carbocycles. The zero-order chi connectivity index (χ0) is 14.2. The number of hydrogen-bond acceptors (Lipinski definition) is 4. The summed E-state index contributed by atoms with van der Waals surface area (Å²) in [5.41, 5.74) is -0.310. The Morgan fingerprint density at radius 3 is 2.28 bits per heavy atom. The van der Waals surface area contributed by atoms with Crippen LogP contribution in [0, 0.1) is 5.92 Å². The second-order valence-corrected chi connectivity index (χ2v) is 9.01. The molecule has 1 heterocycles. The molecule has 0 aromatic heterocycles. The van der Waals surface area contributed by atoms with Gasteiger partial charge < -0.3 is 10.1 Å². The lowest BCUT2D eigenvalue weighted by atomic mass is 9.94. The van der Waals surface area contributed by atoms with Crippen LogP contribution >= 0.6 is 0 Å². The number of sulfone groups is 1. The van der Waals surface area contributed by atoms with Crippen molar-refractivity contribution in [3.63, 3.8) is 0 Å². The molecule has 0 radical (unpaired) electrons. The van der Waals surface area contributed by atoms with Gasteiger partial charge in [0.05, 0.1) is 17.0 Å². The van der Waals surface area contributed by atoms with Crippen molar-refractivity contribution in [3.8, 4) is 0 Å². The topological polar surface area (TPSA) is 55.4 Å². The Balaban J connectivity index is 2.49. The van der Waals surface area contributed by atoms with E-state index >= 15 is 0 Å². The van der Waals surface area contributed by atoms with Crippen molar-refractivity contribution in [2.24, 2.45) is 5.92 Å². The molecule has 4 nitrogen and oxygen atoms in total. The molecule has 1 fully saturated rings. The van der Waals surface area contributed by atoms with Gasteiger partial charge in [-0.05, 0) is 46.6 Å². The van der Waals surface area contributed by atoms with Crippen LogP contribution in [0.15, 0.2) is 0 Å². The first-order valence-corrected chi connectivity index (χ1v) is 8.59. The molecular weight excluding hydrogens is 250 g/mol. The molecule has 1 aliphatic rings. The average molecular weight is 277 g/mol. The van der Waals surface area contributed by atoms with Gasteiger partial charge in [0, 0.05) is 12.3 Å². The van der Waals surface area contributed by atoms with Crippen LogP contribution in [0.25, 0.3) is 0 Å². The fraction of sp³-hybridized carbons (Fsp3) is 1.00. The molecule has 0 aromatic carbocycles. The molecule has 2 atom stereocenters.